The van der Waals surface area contributed by atoms with Crippen LogP contribution in [-0.2, 0) is 4.79 Å². The van der Waals surface area contributed by atoms with E-state index in [0.717, 1.165) is 22.3 Å². The predicted molar refractivity (Wildman–Crippen MR) is 88.0 cm³/mol. The number of aromatic amines is 1. The van der Waals surface area contributed by atoms with E-state index in [1.54, 1.807) is 6.92 Å². The normalized spacial score (nSPS) is 11.7. The second-order valence-corrected chi connectivity index (χ2v) is 5.88. The standard InChI is InChI=1S/C17H15NOS/c1-12(19)20-10-4-5-13-8-9-15-14-6-2-3-7-16(14)18-17(15)11-13/h2-9,11,18H,10H2,1H3. The molecule has 3 rings (SSSR count). The van der Waals surface area contributed by atoms with Gasteiger partial charge in [0.15, 0.2) is 5.12 Å². The molecule has 2 nitrogen and oxygen atoms in total. The lowest BCUT2D eigenvalue weighted by atomic mass is 10.1. The maximum atomic E-state index is 10.9. The molecule has 0 aliphatic rings. The number of thioether (sulfide) groups is 1. The van der Waals surface area contributed by atoms with E-state index in [-0.39, 0.29) is 5.12 Å². The molecule has 0 saturated heterocycles. The van der Waals surface area contributed by atoms with Crippen molar-refractivity contribution in [3.05, 3.63) is 54.1 Å². The fourth-order valence-electron chi connectivity index (χ4n) is 2.33. The van der Waals surface area contributed by atoms with E-state index in [2.05, 4.69) is 47.5 Å². The smallest absolute Gasteiger partial charge is 0.186 e. The Labute approximate surface area is 121 Å². The van der Waals surface area contributed by atoms with Crippen molar-refractivity contribution in [3.63, 3.8) is 0 Å². The van der Waals surface area contributed by atoms with Gasteiger partial charge < -0.3 is 4.98 Å². The second kappa shape index (κ2) is 5.55. The number of nitrogens with one attached hydrogen (secondary N) is 1. The summed E-state index contributed by atoms with van der Waals surface area (Å²) in [4.78, 5) is 14.3. The number of benzene rings is 2. The van der Waals surface area contributed by atoms with Crippen molar-refractivity contribution in [2.75, 3.05) is 5.75 Å². The third-order valence-corrected chi connectivity index (χ3v) is 3.99. The monoisotopic (exact) mass is 281 g/mol. The van der Waals surface area contributed by atoms with Crippen LogP contribution in [0.4, 0.5) is 0 Å². The first kappa shape index (κ1) is 13.0. The lowest BCUT2D eigenvalue weighted by molar-refractivity contribution is -0.109. The fraction of sp³-hybridized carbons (Fsp3) is 0.118. The quantitative estimate of drug-likeness (QED) is 0.760. The molecule has 0 saturated carbocycles. The number of H-pyrrole nitrogens is 1. The second-order valence-electron chi connectivity index (χ2n) is 4.68. The lowest BCUT2D eigenvalue weighted by Crippen LogP contribution is -1.81. The van der Waals surface area contributed by atoms with Gasteiger partial charge in [0.25, 0.3) is 0 Å². The molecule has 0 aliphatic heterocycles. The van der Waals surface area contributed by atoms with E-state index >= 15 is 0 Å². The molecule has 0 bridgehead atoms. The van der Waals surface area contributed by atoms with E-state index < -0.39 is 0 Å². The Morgan fingerprint density at radius 3 is 2.80 bits per heavy atom. The van der Waals surface area contributed by atoms with Gasteiger partial charge in [0.2, 0.25) is 0 Å². The molecule has 1 heterocycles. The van der Waals surface area contributed by atoms with Crippen LogP contribution < -0.4 is 0 Å². The highest BCUT2D eigenvalue weighted by atomic mass is 32.2. The van der Waals surface area contributed by atoms with E-state index in [1.807, 2.05) is 12.1 Å². The van der Waals surface area contributed by atoms with Gasteiger partial charge >= 0.3 is 0 Å². The third-order valence-electron chi connectivity index (χ3n) is 3.22. The molecule has 2 aromatic carbocycles. The first-order chi connectivity index (χ1) is 9.74. The molecule has 0 atom stereocenters. The highest BCUT2D eigenvalue weighted by Crippen LogP contribution is 2.26. The fourth-order valence-corrected chi connectivity index (χ4v) is 2.75. The molecule has 1 N–H and O–H groups in total. The highest BCUT2D eigenvalue weighted by molar-refractivity contribution is 8.13. The Balaban J connectivity index is 1.91. The first-order valence-corrected chi connectivity index (χ1v) is 7.53. The molecule has 0 aliphatic carbocycles. The van der Waals surface area contributed by atoms with Crippen molar-refractivity contribution in [2.45, 2.75) is 6.92 Å². The zero-order chi connectivity index (χ0) is 13.9. The summed E-state index contributed by atoms with van der Waals surface area (Å²) in [5, 5.41) is 2.65. The van der Waals surface area contributed by atoms with Gasteiger partial charge in [-0.2, -0.15) is 0 Å². The number of fused-ring (bicyclic) bond motifs is 3. The Hall–Kier alpha value is -2.00. The zero-order valence-electron chi connectivity index (χ0n) is 11.2. The van der Waals surface area contributed by atoms with Gasteiger partial charge in [-0.3, -0.25) is 4.79 Å². The summed E-state index contributed by atoms with van der Waals surface area (Å²) >= 11 is 1.32. The van der Waals surface area contributed by atoms with Crippen molar-refractivity contribution in [3.8, 4) is 0 Å². The minimum absolute atomic E-state index is 0.153. The first-order valence-electron chi connectivity index (χ1n) is 6.54. The molecule has 3 aromatic rings. The van der Waals surface area contributed by atoms with Crippen LogP contribution in [0, 0.1) is 0 Å². The van der Waals surface area contributed by atoms with Gasteiger partial charge in [-0.25, -0.2) is 0 Å². The van der Waals surface area contributed by atoms with Crippen molar-refractivity contribution in [1.82, 2.24) is 4.98 Å². The Bertz CT molecular complexity index is 801. The van der Waals surface area contributed by atoms with Crippen LogP contribution in [0.3, 0.4) is 0 Å². The van der Waals surface area contributed by atoms with Gasteiger partial charge in [-0.15, -0.1) is 0 Å². The molecule has 1 aromatic heterocycles. The molecule has 0 unspecified atom stereocenters. The lowest BCUT2D eigenvalue weighted by Gasteiger charge is -1.95. The van der Waals surface area contributed by atoms with Gasteiger partial charge in [0.05, 0.1) is 0 Å². The number of aromatic nitrogens is 1. The highest BCUT2D eigenvalue weighted by Gasteiger charge is 2.02. The molecule has 3 heteroatoms. The maximum absolute atomic E-state index is 10.9. The summed E-state index contributed by atoms with van der Waals surface area (Å²) in [5.41, 5.74) is 3.46. The molecular formula is C17H15NOS. The number of hydrogen-bond donors (Lipinski definition) is 1. The molecule has 0 spiro atoms. The number of para-hydroxylation sites is 1. The summed E-state index contributed by atoms with van der Waals surface area (Å²) in [6.07, 6.45) is 4.08. The van der Waals surface area contributed by atoms with Gasteiger partial charge in [0.1, 0.15) is 0 Å². The van der Waals surface area contributed by atoms with E-state index in [9.17, 15) is 4.79 Å². The number of hydrogen-bond acceptors (Lipinski definition) is 2. The van der Waals surface area contributed by atoms with Crippen LogP contribution in [0.2, 0.25) is 0 Å². The van der Waals surface area contributed by atoms with Crippen LogP contribution in [-0.4, -0.2) is 15.9 Å². The average molecular weight is 281 g/mol. The van der Waals surface area contributed by atoms with Gasteiger partial charge in [-0.05, 0) is 17.7 Å². The zero-order valence-corrected chi connectivity index (χ0v) is 12.0. The SMILES string of the molecule is CC(=O)SCC=Cc1ccc2c(c1)[nH]c1ccccc12. The number of carbonyl (C=O) groups excluding carboxylic acids is 1. The molecule has 100 valence electrons. The van der Waals surface area contributed by atoms with Crippen LogP contribution in [0.1, 0.15) is 12.5 Å². The van der Waals surface area contributed by atoms with E-state index in [4.69, 9.17) is 0 Å². The number of rotatable bonds is 3. The van der Waals surface area contributed by atoms with Crippen LogP contribution >= 0.6 is 11.8 Å². The summed E-state index contributed by atoms with van der Waals surface area (Å²) in [7, 11) is 0. The van der Waals surface area contributed by atoms with Crippen molar-refractivity contribution in [2.24, 2.45) is 0 Å². The van der Waals surface area contributed by atoms with Crippen LogP contribution in [0.15, 0.2) is 48.5 Å². The average Bonchev–Trinajstić information content (AvgIpc) is 2.81. The summed E-state index contributed by atoms with van der Waals surface area (Å²) in [6.45, 7) is 1.59. The van der Waals surface area contributed by atoms with E-state index in [0.29, 0.717) is 0 Å². The van der Waals surface area contributed by atoms with Crippen LogP contribution in [0.25, 0.3) is 27.9 Å². The van der Waals surface area contributed by atoms with Crippen molar-refractivity contribution >= 4 is 44.8 Å². The molecule has 0 amide bonds. The van der Waals surface area contributed by atoms with Crippen molar-refractivity contribution < 1.29 is 4.79 Å². The largest absolute Gasteiger partial charge is 0.354 e. The summed E-state index contributed by atoms with van der Waals surface area (Å²) < 4.78 is 0. The maximum Gasteiger partial charge on any atom is 0.186 e. The Morgan fingerprint density at radius 2 is 1.95 bits per heavy atom. The van der Waals surface area contributed by atoms with Crippen molar-refractivity contribution in [1.29, 1.82) is 0 Å². The minimum Gasteiger partial charge on any atom is -0.354 e. The van der Waals surface area contributed by atoms with Gasteiger partial charge in [-0.1, -0.05) is 54.2 Å². The molecule has 20 heavy (non-hydrogen) atoms. The van der Waals surface area contributed by atoms with Crippen LogP contribution in [0.5, 0.6) is 0 Å². The summed E-state index contributed by atoms with van der Waals surface area (Å²) in [6, 6.07) is 14.7. The molecular weight excluding hydrogens is 266 g/mol. The van der Waals surface area contributed by atoms with E-state index in [1.165, 1.54) is 22.5 Å². The number of carbonyl (C=O) groups is 1. The minimum atomic E-state index is 0.153. The topological polar surface area (TPSA) is 32.9 Å². The summed E-state index contributed by atoms with van der Waals surface area (Å²) in [5.74, 6) is 0.722. The Kier molecular flexibility index (Phi) is 3.61. The Morgan fingerprint density at radius 1 is 1.15 bits per heavy atom. The van der Waals surface area contributed by atoms with Gasteiger partial charge in [0, 0.05) is 34.5 Å². The third kappa shape index (κ3) is 2.63. The molecule has 0 fully saturated rings. The predicted octanol–water partition coefficient (Wildman–Crippen LogP) is 4.61. The molecule has 0 radical (unpaired) electrons.